The molecule has 100 valence electrons. The lowest BCUT2D eigenvalue weighted by Crippen LogP contribution is -2.60. The second-order valence-electron chi connectivity index (χ2n) is 5.58. The molecule has 0 bridgehead atoms. The number of nitrogens with one attached hydrogen (secondary N) is 1. The van der Waals surface area contributed by atoms with Gasteiger partial charge in [-0.15, -0.1) is 6.42 Å². The van der Waals surface area contributed by atoms with Gasteiger partial charge >= 0.3 is 0 Å². The van der Waals surface area contributed by atoms with Crippen molar-refractivity contribution in [2.24, 2.45) is 5.41 Å². The van der Waals surface area contributed by atoms with E-state index in [1.54, 1.807) is 6.20 Å². The molecule has 0 unspecified atom stereocenters. The summed E-state index contributed by atoms with van der Waals surface area (Å²) >= 11 is 0. The largest absolute Gasteiger partial charge is 0.380 e. The highest BCUT2D eigenvalue weighted by molar-refractivity contribution is 5.51. The summed E-state index contributed by atoms with van der Waals surface area (Å²) in [6, 6.07) is 2.12. The van der Waals surface area contributed by atoms with Gasteiger partial charge in [0.05, 0.1) is 13.2 Å². The molecule has 0 amide bonds. The van der Waals surface area contributed by atoms with Gasteiger partial charge in [-0.05, 0) is 25.8 Å². The van der Waals surface area contributed by atoms with Crippen molar-refractivity contribution in [3.05, 3.63) is 28.2 Å². The summed E-state index contributed by atoms with van der Waals surface area (Å²) in [7, 11) is 0. The molecule has 4 heteroatoms. The number of anilines is 1. The SMILES string of the molecule is C#Cc1c[nH]c(=O)c(N2CCCC3(COC3)[C@@H]2C)c1. The standard InChI is InChI=1S/C15H18N2O2/c1-3-12-7-13(14(18)16-8-12)17-6-4-5-15(11(17)2)9-19-10-15/h1,7-8,11H,4-6,9-10H2,2H3,(H,16,18)/t11-/m0/s1. The molecular formula is C15H18N2O2. The van der Waals surface area contributed by atoms with Crippen LogP contribution in [0.1, 0.15) is 25.3 Å². The molecule has 0 aliphatic carbocycles. The average Bonchev–Trinajstić information content (AvgIpc) is 2.38. The minimum Gasteiger partial charge on any atom is -0.380 e. The Kier molecular flexibility index (Phi) is 2.87. The van der Waals surface area contributed by atoms with Crippen LogP contribution in [-0.4, -0.2) is 30.8 Å². The first-order chi connectivity index (χ1) is 9.16. The topological polar surface area (TPSA) is 45.3 Å². The summed E-state index contributed by atoms with van der Waals surface area (Å²) < 4.78 is 5.40. The second kappa shape index (κ2) is 4.43. The van der Waals surface area contributed by atoms with Crippen LogP contribution in [0.15, 0.2) is 17.1 Å². The molecule has 19 heavy (non-hydrogen) atoms. The molecule has 3 rings (SSSR count). The fraction of sp³-hybridized carbons (Fsp3) is 0.533. The van der Waals surface area contributed by atoms with Crippen molar-refractivity contribution in [2.75, 3.05) is 24.7 Å². The number of pyridine rings is 1. The Labute approximate surface area is 112 Å². The van der Waals surface area contributed by atoms with Gasteiger partial charge in [0.15, 0.2) is 0 Å². The van der Waals surface area contributed by atoms with Crippen molar-refractivity contribution in [2.45, 2.75) is 25.8 Å². The lowest BCUT2D eigenvalue weighted by molar-refractivity contribution is -0.136. The first-order valence-corrected chi connectivity index (χ1v) is 6.70. The van der Waals surface area contributed by atoms with Crippen LogP contribution >= 0.6 is 0 Å². The molecule has 2 aliphatic heterocycles. The molecule has 1 aromatic heterocycles. The minimum atomic E-state index is -0.0665. The van der Waals surface area contributed by atoms with Crippen LogP contribution in [0.2, 0.25) is 0 Å². The number of hydrogen-bond acceptors (Lipinski definition) is 3. The van der Waals surface area contributed by atoms with E-state index >= 15 is 0 Å². The molecule has 0 aromatic carbocycles. The first kappa shape index (κ1) is 12.3. The third kappa shape index (κ3) is 1.85. The molecule has 2 saturated heterocycles. The number of ether oxygens (including phenoxy) is 1. The maximum atomic E-state index is 12.1. The van der Waals surface area contributed by atoms with Crippen LogP contribution in [0.3, 0.4) is 0 Å². The van der Waals surface area contributed by atoms with Crippen LogP contribution in [-0.2, 0) is 4.74 Å². The van der Waals surface area contributed by atoms with Gasteiger partial charge in [0, 0.05) is 29.8 Å². The summed E-state index contributed by atoms with van der Waals surface area (Å²) in [5, 5.41) is 0. The normalized spacial score (nSPS) is 24.8. The maximum Gasteiger partial charge on any atom is 0.271 e. The van der Waals surface area contributed by atoms with E-state index in [0.717, 1.165) is 26.2 Å². The maximum absolute atomic E-state index is 12.1. The van der Waals surface area contributed by atoms with E-state index in [-0.39, 0.29) is 11.0 Å². The van der Waals surface area contributed by atoms with Gasteiger partial charge < -0.3 is 14.6 Å². The van der Waals surface area contributed by atoms with E-state index in [9.17, 15) is 4.79 Å². The average molecular weight is 258 g/mol. The van der Waals surface area contributed by atoms with Crippen molar-refractivity contribution >= 4 is 5.69 Å². The molecule has 4 nitrogen and oxygen atoms in total. The Bertz CT molecular complexity index is 581. The van der Waals surface area contributed by atoms with E-state index in [0.29, 0.717) is 17.3 Å². The molecule has 2 fully saturated rings. The van der Waals surface area contributed by atoms with Crippen molar-refractivity contribution < 1.29 is 4.74 Å². The van der Waals surface area contributed by atoms with E-state index < -0.39 is 0 Å². The van der Waals surface area contributed by atoms with Crippen LogP contribution in [0.5, 0.6) is 0 Å². The third-order valence-electron chi connectivity index (χ3n) is 4.57. The van der Waals surface area contributed by atoms with Crippen LogP contribution in [0.25, 0.3) is 0 Å². The zero-order valence-corrected chi connectivity index (χ0v) is 11.1. The van der Waals surface area contributed by atoms with E-state index in [1.165, 1.54) is 6.42 Å². The predicted octanol–water partition coefficient (Wildman–Crippen LogP) is 1.36. The lowest BCUT2D eigenvalue weighted by Gasteiger charge is -2.53. The van der Waals surface area contributed by atoms with Crippen LogP contribution in [0, 0.1) is 17.8 Å². The van der Waals surface area contributed by atoms with E-state index in [4.69, 9.17) is 11.2 Å². The number of piperidine rings is 1. The zero-order chi connectivity index (χ0) is 13.5. The van der Waals surface area contributed by atoms with E-state index in [1.807, 2.05) is 6.07 Å². The van der Waals surface area contributed by atoms with Crippen molar-refractivity contribution in [1.82, 2.24) is 4.98 Å². The van der Waals surface area contributed by atoms with Gasteiger partial charge in [-0.25, -0.2) is 0 Å². The van der Waals surface area contributed by atoms with Gasteiger partial charge in [-0.2, -0.15) is 0 Å². The minimum absolute atomic E-state index is 0.0665. The molecule has 1 aromatic rings. The lowest BCUT2D eigenvalue weighted by atomic mass is 9.72. The van der Waals surface area contributed by atoms with Crippen LogP contribution < -0.4 is 10.5 Å². The number of rotatable bonds is 1. The number of hydrogen-bond donors (Lipinski definition) is 1. The fourth-order valence-corrected chi connectivity index (χ4v) is 3.18. The molecule has 2 aliphatic rings. The Morgan fingerprint density at radius 1 is 1.58 bits per heavy atom. The fourth-order valence-electron chi connectivity index (χ4n) is 3.18. The van der Waals surface area contributed by atoms with Crippen molar-refractivity contribution in [3.8, 4) is 12.3 Å². The monoisotopic (exact) mass is 258 g/mol. The number of aromatic nitrogens is 1. The van der Waals surface area contributed by atoms with Crippen molar-refractivity contribution in [3.63, 3.8) is 0 Å². The van der Waals surface area contributed by atoms with Gasteiger partial charge in [0.1, 0.15) is 5.69 Å². The second-order valence-corrected chi connectivity index (χ2v) is 5.58. The molecule has 1 atom stereocenters. The summed E-state index contributed by atoms with van der Waals surface area (Å²) in [6.45, 7) is 4.69. The van der Waals surface area contributed by atoms with E-state index in [2.05, 4.69) is 22.7 Å². The van der Waals surface area contributed by atoms with Gasteiger partial charge in [-0.3, -0.25) is 4.79 Å². The number of aromatic amines is 1. The Morgan fingerprint density at radius 3 is 3.00 bits per heavy atom. The Hall–Kier alpha value is -1.73. The summed E-state index contributed by atoms with van der Waals surface area (Å²) in [4.78, 5) is 17.0. The van der Waals surface area contributed by atoms with Gasteiger partial charge in [0.2, 0.25) is 0 Å². The summed E-state index contributed by atoms with van der Waals surface area (Å²) in [5.74, 6) is 2.58. The van der Waals surface area contributed by atoms with Crippen molar-refractivity contribution in [1.29, 1.82) is 0 Å². The summed E-state index contributed by atoms with van der Waals surface area (Å²) in [6.07, 6.45) is 9.27. The Balaban J connectivity index is 1.97. The molecule has 3 heterocycles. The highest BCUT2D eigenvalue weighted by Gasteiger charge is 2.48. The zero-order valence-electron chi connectivity index (χ0n) is 11.1. The highest BCUT2D eigenvalue weighted by Crippen LogP contribution is 2.42. The number of nitrogens with zero attached hydrogens (tertiary/aromatic N) is 1. The number of terminal acetylenes is 1. The molecule has 1 spiro atoms. The third-order valence-corrected chi connectivity index (χ3v) is 4.57. The number of H-pyrrole nitrogens is 1. The highest BCUT2D eigenvalue weighted by atomic mass is 16.5. The summed E-state index contributed by atoms with van der Waals surface area (Å²) in [5.41, 5.74) is 1.56. The molecule has 0 saturated carbocycles. The molecule has 0 radical (unpaired) electrons. The quantitative estimate of drug-likeness (QED) is 0.774. The van der Waals surface area contributed by atoms with Crippen LogP contribution in [0.4, 0.5) is 5.69 Å². The smallest absolute Gasteiger partial charge is 0.271 e. The molecule has 1 N–H and O–H groups in total. The van der Waals surface area contributed by atoms with Gasteiger partial charge in [-0.1, -0.05) is 5.92 Å². The predicted molar refractivity (Wildman–Crippen MR) is 74.3 cm³/mol. The van der Waals surface area contributed by atoms with Gasteiger partial charge in [0.25, 0.3) is 5.56 Å². The Morgan fingerprint density at radius 2 is 2.37 bits per heavy atom. The first-order valence-electron chi connectivity index (χ1n) is 6.70. The molecular weight excluding hydrogens is 240 g/mol.